The van der Waals surface area contributed by atoms with Crippen LogP contribution in [0, 0.1) is 6.92 Å². The van der Waals surface area contributed by atoms with Crippen LogP contribution in [0.2, 0.25) is 0 Å². The van der Waals surface area contributed by atoms with Crippen LogP contribution in [-0.2, 0) is 16.6 Å². The zero-order valence-electron chi connectivity index (χ0n) is 6.99. The molecule has 1 rings (SSSR count). The van der Waals surface area contributed by atoms with Gasteiger partial charge in [-0.2, -0.15) is 0 Å². The van der Waals surface area contributed by atoms with E-state index in [1.807, 2.05) is 18.4 Å². The molecule has 0 saturated carbocycles. The third kappa shape index (κ3) is 3.34. The number of hydrogen-bond donors (Lipinski definition) is 1. The Balaban J connectivity index is 2.55. The van der Waals surface area contributed by atoms with Crippen molar-refractivity contribution in [3.63, 3.8) is 0 Å². The largest absolute Gasteiger partial charge is 0.213 e. The molecule has 5 heteroatoms. The molecule has 0 unspecified atom stereocenters. The summed E-state index contributed by atoms with van der Waals surface area (Å²) in [5.74, 6) is 0. The highest BCUT2D eigenvalue weighted by molar-refractivity contribution is 7.88. The van der Waals surface area contributed by atoms with Gasteiger partial charge in [-0.25, -0.2) is 13.1 Å². The summed E-state index contributed by atoms with van der Waals surface area (Å²) < 4.78 is 23.8. The van der Waals surface area contributed by atoms with Gasteiger partial charge in [0, 0.05) is 11.4 Å². The standard InChI is InChI=1S/C7H11NO2S2/c1-6-3-7(11-5-6)4-8-12(2,9)10/h3,5,8H,4H2,1-2H3. The molecule has 1 N–H and O–H groups in total. The zero-order chi connectivity index (χ0) is 9.19. The SMILES string of the molecule is Cc1csc(CNS(C)(=O)=O)c1. The summed E-state index contributed by atoms with van der Waals surface area (Å²) in [4.78, 5) is 1.04. The molecule has 0 bridgehead atoms. The first-order valence-corrected chi connectivity index (χ1v) is 6.23. The van der Waals surface area contributed by atoms with E-state index in [1.54, 1.807) is 11.3 Å². The quantitative estimate of drug-likeness (QED) is 0.803. The van der Waals surface area contributed by atoms with Gasteiger partial charge >= 0.3 is 0 Å². The summed E-state index contributed by atoms with van der Waals surface area (Å²) >= 11 is 1.56. The Bertz CT molecular complexity index is 353. The summed E-state index contributed by atoms with van der Waals surface area (Å²) in [6, 6.07) is 1.98. The molecule has 1 aromatic heterocycles. The number of aryl methyl sites for hydroxylation is 1. The molecule has 0 spiro atoms. The minimum absolute atomic E-state index is 0.400. The second kappa shape index (κ2) is 3.55. The van der Waals surface area contributed by atoms with Gasteiger partial charge in [-0.3, -0.25) is 0 Å². The minimum atomic E-state index is -3.06. The topological polar surface area (TPSA) is 46.2 Å². The summed E-state index contributed by atoms with van der Waals surface area (Å²) in [5, 5.41) is 2.00. The van der Waals surface area contributed by atoms with Crippen molar-refractivity contribution in [2.45, 2.75) is 13.5 Å². The number of nitrogens with one attached hydrogen (secondary N) is 1. The van der Waals surface area contributed by atoms with E-state index in [1.165, 1.54) is 5.56 Å². The fraction of sp³-hybridized carbons (Fsp3) is 0.429. The van der Waals surface area contributed by atoms with Crippen molar-refractivity contribution >= 4 is 21.4 Å². The molecule has 1 aromatic rings. The monoisotopic (exact) mass is 205 g/mol. The van der Waals surface area contributed by atoms with E-state index in [2.05, 4.69) is 4.72 Å². The lowest BCUT2D eigenvalue weighted by atomic mass is 10.3. The van der Waals surface area contributed by atoms with Gasteiger partial charge in [0.15, 0.2) is 0 Å². The van der Waals surface area contributed by atoms with E-state index >= 15 is 0 Å². The van der Waals surface area contributed by atoms with Gasteiger partial charge in [-0.05, 0) is 23.9 Å². The Morgan fingerprint density at radius 3 is 2.67 bits per heavy atom. The van der Waals surface area contributed by atoms with Crippen molar-refractivity contribution in [1.82, 2.24) is 4.72 Å². The fourth-order valence-corrected chi connectivity index (χ4v) is 2.11. The lowest BCUT2D eigenvalue weighted by Gasteiger charge is -1.97. The molecule has 0 aliphatic carbocycles. The highest BCUT2D eigenvalue weighted by atomic mass is 32.2. The predicted octanol–water partition coefficient (Wildman–Crippen LogP) is 1.11. The molecule has 0 saturated heterocycles. The molecule has 3 nitrogen and oxygen atoms in total. The third-order valence-corrected chi connectivity index (χ3v) is 3.02. The van der Waals surface area contributed by atoms with Gasteiger partial charge in [0.05, 0.1) is 6.26 Å². The lowest BCUT2D eigenvalue weighted by Crippen LogP contribution is -2.20. The lowest BCUT2D eigenvalue weighted by molar-refractivity contribution is 0.588. The Hall–Kier alpha value is -0.390. The van der Waals surface area contributed by atoms with Crippen LogP contribution in [0.4, 0.5) is 0 Å². The first kappa shape index (κ1) is 9.70. The van der Waals surface area contributed by atoms with Crippen LogP contribution in [0.3, 0.4) is 0 Å². The highest BCUT2D eigenvalue weighted by Crippen LogP contribution is 2.12. The second-order valence-electron chi connectivity index (χ2n) is 2.68. The maximum absolute atomic E-state index is 10.7. The second-order valence-corrected chi connectivity index (χ2v) is 5.51. The van der Waals surface area contributed by atoms with Crippen molar-refractivity contribution in [3.05, 3.63) is 21.9 Å². The van der Waals surface area contributed by atoms with E-state index in [-0.39, 0.29) is 0 Å². The Morgan fingerprint density at radius 2 is 2.25 bits per heavy atom. The molecule has 1 heterocycles. The average Bonchev–Trinajstić information content (AvgIpc) is 2.30. The van der Waals surface area contributed by atoms with Crippen LogP contribution in [0.1, 0.15) is 10.4 Å². The summed E-state index contributed by atoms with van der Waals surface area (Å²) in [7, 11) is -3.06. The van der Waals surface area contributed by atoms with Crippen molar-refractivity contribution in [1.29, 1.82) is 0 Å². The van der Waals surface area contributed by atoms with Crippen molar-refractivity contribution < 1.29 is 8.42 Å². The number of hydrogen-bond acceptors (Lipinski definition) is 3. The average molecular weight is 205 g/mol. The zero-order valence-corrected chi connectivity index (χ0v) is 8.63. The Morgan fingerprint density at radius 1 is 1.58 bits per heavy atom. The molecular weight excluding hydrogens is 194 g/mol. The van der Waals surface area contributed by atoms with E-state index in [9.17, 15) is 8.42 Å². The van der Waals surface area contributed by atoms with Gasteiger partial charge in [0.2, 0.25) is 10.0 Å². The maximum atomic E-state index is 10.7. The van der Waals surface area contributed by atoms with Crippen LogP contribution in [0.15, 0.2) is 11.4 Å². The minimum Gasteiger partial charge on any atom is -0.213 e. The fourth-order valence-electron chi connectivity index (χ4n) is 0.786. The molecule has 0 radical (unpaired) electrons. The van der Waals surface area contributed by atoms with Gasteiger partial charge in [0.25, 0.3) is 0 Å². The van der Waals surface area contributed by atoms with Crippen molar-refractivity contribution in [3.8, 4) is 0 Å². The Kier molecular flexibility index (Phi) is 2.87. The number of sulfonamides is 1. The molecule has 0 atom stereocenters. The number of rotatable bonds is 3. The molecule has 12 heavy (non-hydrogen) atoms. The molecule has 0 amide bonds. The van der Waals surface area contributed by atoms with Gasteiger partial charge in [0.1, 0.15) is 0 Å². The molecular formula is C7H11NO2S2. The maximum Gasteiger partial charge on any atom is 0.209 e. The van der Waals surface area contributed by atoms with E-state index in [0.717, 1.165) is 11.1 Å². The van der Waals surface area contributed by atoms with E-state index in [4.69, 9.17) is 0 Å². The first-order valence-electron chi connectivity index (χ1n) is 3.46. The molecule has 0 aliphatic heterocycles. The summed E-state index contributed by atoms with van der Waals surface area (Å²) in [5.41, 5.74) is 1.17. The first-order chi connectivity index (χ1) is 5.47. The smallest absolute Gasteiger partial charge is 0.209 e. The summed E-state index contributed by atoms with van der Waals surface area (Å²) in [6.45, 7) is 2.39. The van der Waals surface area contributed by atoms with Crippen molar-refractivity contribution in [2.75, 3.05) is 6.26 Å². The van der Waals surface area contributed by atoms with Gasteiger partial charge in [-0.15, -0.1) is 11.3 Å². The number of thiophene rings is 1. The normalized spacial score (nSPS) is 11.8. The third-order valence-electron chi connectivity index (χ3n) is 1.29. The van der Waals surface area contributed by atoms with Crippen LogP contribution >= 0.6 is 11.3 Å². The van der Waals surface area contributed by atoms with E-state index in [0.29, 0.717) is 6.54 Å². The highest BCUT2D eigenvalue weighted by Gasteiger charge is 2.01. The molecule has 0 fully saturated rings. The molecule has 0 aromatic carbocycles. The van der Waals surface area contributed by atoms with Gasteiger partial charge in [-0.1, -0.05) is 0 Å². The van der Waals surface area contributed by atoms with Crippen LogP contribution in [0.5, 0.6) is 0 Å². The van der Waals surface area contributed by atoms with Crippen LogP contribution in [-0.4, -0.2) is 14.7 Å². The molecule has 68 valence electrons. The van der Waals surface area contributed by atoms with Gasteiger partial charge < -0.3 is 0 Å². The summed E-state index contributed by atoms with van der Waals surface area (Å²) in [6.07, 6.45) is 1.16. The Labute approximate surface area is 76.5 Å². The van der Waals surface area contributed by atoms with Crippen LogP contribution in [0.25, 0.3) is 0 Å². The predicted molar refractivity (Wildman–Crippen MR) is 50.7 cm³/mol. The molecule has 0 aliphatic rings. The van der Waals surface area contributed by atoms with E-state index < -0.39 is 10.0 Å². The van der Waals surface area contributed by atoms with Crippen molar-refractivity contribution in [2.24, 2.45) is 0 Å². The van der Waals surface area contributed by atoms with Crippen LogP contribution < -0.4 is 4.72 Å².